The third-order valence-electron chi connectivity index (χ3n) is 3.92. The Labute approximate surface area is 156 Å². The molecule has 1 amide bonds. The van der Waals surface area contributed by atoms with Crippen molar-refractivity contribution >= 4 is 17.5 Å². The predicted octanol–water partition coefficient (Wildman–Crippen LogP) is 4.25. The maximum Gasteiger partial charge on any atom is 0.387 e. The summed E-state index contributed by atoms with van der Waals surface area (Å²) in [4.78, 5) is 13.8. The Morgan fingerprint density at radius 1 is 1.15 bits per heavy atom. The molecule has 0 unspecified atom stereocenters. The van der Waals surface area contributed by atoms with Gasteiger partial charge in [0.25, 0.3) is 0 Å². The molecule has 4 nitrogen and oxygen atoms in total. The lowest BCUT2D eigenvalue weighted by Crippen LogP contribution is -2.36. The molecular weight excluding hydrogens is 362 g/mol. The second-order valence-corrected chi connectivity index (χ2v) is 6.36. The van der Waals surface area contributed by atoms with E-state index in [2.05, 4.69) is 10.1 Å². The molecule has 26 heavy (non-hydrogen) atoms. The first-order chi connectivity index (χ1) is 12.3. The number of hydrogen-bond acceptors (Lipinski definition) is 3. The van der Waals surface area contributed by atoms with E-state index in [0.717, 1.165) is 11.1 Å². The molecule has 7 heteroatoms. The Morgan fingerprint density at radius 3 is 2.35 bits per heavy atom. The smallest absolute Gasteiger partial charge is 0.387 e. The van der Waals surface area contributed by atoms with Crippen LogP contribution in [0.1, 0.15) is 24.1 Å². The Hall–Kier alpha value is -2.18. The minimum atomic E-state index is -2.85. The maximum absolute atomic E-state index is 12.3. The van der Waals surface area contributed by atoms with E-state index in [1.807, 2.05) is 31.2 Å². The largest absolute Gasteiger partial charge is 0.435 e. The number of nitrogens with zero attached hydrogens (tertiary/aromatic N) is 1. The van der Waals surface area contributed by atoms with Crippen LogP contribution >= 0.6 is 11.6 Å². The van der Waals surface area contributed by atoms with Crippen molar-refractivity contribution in [2.45, 2.75) is 26.1 Å². The fraction of sp³-hybridized carbons (Fsp3) is 0.316. The molecule has 0 spiro atoms. The van der Waals surface area contributed by atoms with Crippen molar-refractivity contribution in [3.05, 3.63) is 64.7 Å². The quantitative estimate of drug-likeness (QED) is 0.742. The number of rotatable bonds is 8. The number of carbonyl (C=O) groups is 1. The molecular formula is C19H21ClF2N2O2. The van der Waals surface area contributed by atoms with Crippen molar-refractivity contribution in [2.75, 3.05) is 13.6 Å². The highest BCUT2D eigenvalue weighted by molar-refractivity contribution is 6.30. The topological polar surface area (TPSA) is 41.6 Å². The van der Waals surface area contributed by atoms with Crippen molar-refractivity contribution in [1.29, 1.82) is 0 Å². The monoisotopic (exact) mass is 382 g/mol. The van der Waals surface area contributed by atoms with Crippen LogP contribution in [0.3, 0.4) is 0 Å². The summed E-state index contributed by atoms with van der Waals surface area (Å²) in [5.41, 5.74) is 1.87. The highest BCUT2D eigenvalue weighted by atomic mass is 35.5. The average molecular weight is 383 g/mol. The summed E-state index contributed by atoms with van der Waals surface area (Å²) in [6.07, 6.45) is 0. The molecule has 0 heterocycles. The number of nitrogens with one attached hydrogen (secondary N) is 1. The van der Waals surface area contributed by atoms with E-state index in [0.29, 0.717) is 11.6 Å². The van der Waals surface area contributed by atoms with Crippen LogP contribution in [0.25, 0.3) is 0 Å². The molecule has 0 aliphatic heterocycles. The summed E-state index contributed by atoms with van der Waals surface area (Å²) in [7, 11) is 1.69. The normalized spacial score (nSPS) is 12.1. The number of likely N-dealkylation sites (N-methyl/N-ethyl adjacent to an activating group) is 1. The van der Waals surface area contributed by atoms with Gasteiger partial charge in [0, 0.05) is 24.7 Å². The Kier molecular flexibility index (Phi) is 7.36. The number of alkyl halides is 2. The summed E-state index contributed by atoms with van der Waals surface area (Å²) in [6, 6.07) is 13.7. The van der Waals surface area contributed by atoms with E-state index in [1.165, 1.54) is 12.1 Å². The molecule has 1 N–H and O–H groups in total. The summed E-state index contributed by atoms with van der Waals surface area (Å²) in [5, 5.41) is 3.85. The van der Waals surface area contributed by atoms with Crippen LogP contribution < -0.4 is 10.1 Å². The lowest BCUT2D eigenvalue weighted by molar-refractivity contribution is -0.129. The molecule has 0 aliphatic rings. The zero-order valence-electron chi connectivity index (χ0n) is 14.6. The number of halogens is 3. The van der Waals surface area contributed by atoms with Crippen LogP contribution in [0.2, 0.25) is 5.02 Å². The van der Waals surface area contributed by atoms with Gasteiger partial charge in [-0.05, 0) is 42.3 Å². The van der Waals surface area contributed by atoms with E-state index in [9.17, 15) is 13.6 Å². The molecule has 0 aliphatic carbocycles. The maximum atomic E-state index is 12.3. The molecule has 0 aromatic heterocycles. The fourth-order valence-electron chi connectivity index (χ4n) is 2.38. The Morgan fingerprint density at radius 2 is 1.77 bits per heavy atom. The number of benzene rings is 2. The fourth-order valence-corrected chi connectivity index (χ4v) is 2.51. The summed E-state index contributed by atoms with van der Waals surface area (Å²) in [5.74, 6) is 0.0231. The van der Waals surface area contributed by atoms with Gasteiger partial charge < -0.3 is 15.0 Å². The molecule has 0 fully saturated rings. The summed E-state index contributed by atoms with van der Waals surface area (Å²) >= 11 is 5.87. The molecule has 140 valence electrons. The van der Waals surface area contributed by atoms with Crippen LogP contribution in [-0.2, 0) is 11.3 Å². The van der Waals surface area contributed by atoms with Crippen molar-refractivity contribution in [2.24, 2.45) is 0 Å². The Bertz CT molecular complexity index is 708. The number of carbonyl (C=O) groups excluding carboxylic acids is 1. The van der Waals surface area contributed by atoms with E-state index in [4.69, 9.17) is 11.6 Å². The standard InChI is InChI=1S/C19H21ClF2N2O2/c1-13(15-5-7-16(20)8-6-15)23-11-18(25)24(2)12-14-3-9-17(10-4-14)26-19(21)22/h3-10,13,19,23H,11-12H2,1-2H3/t13-/m1/s1. The molecule has 0 saturated heterocycles. The van der Waals surface area contributed by atoms with Gasteiger partial charge in [0.05, 0.1) is 6.54 Å². The van der Waals surface area contributed by atoms with Crippen LogP contribution in [0.4, 0.5) is 8.78 Å². The highest BCUT2D eigenvalue weighted by Gasteiger charge is 2.12. The average Bonchev–Trinajstić information content (AvgIpc) is 2.61. The lowest BCUT2D eigenvalue weighted by atomic mass is 10.1. The SMILES string of the molecule is C[C@@H](NCC(=O)N(C)Cc1ccc(OC(F)F)cc1)c1ccc(Cl)cc1. The van der Waals surface area contributed by atoms with E-state index < -0.39 is 6.61 Å². The lowest BCUT2D eigenvalue weighted by Gasteiger charge is -2.20. The molecule has 2 rings (SSSR count). The highest BCUT2D eigenvalue weighted by Crippen LogP contribution is 2.17. The minimum Gasteiger partial charge on any atom is -0.435 e. The van der Waals surface area contributed by atoms with Gasteiger partial charge in [-0.2, -0.15) is 8.78 Å². The van der Waals surface area contributed by atoms with Gasteiger partial charge >= 0.3 is 6.61 Å². The second-order valence-electron chi connectivity index (χ2n) is 5.93. The van der Waals surface area contributed by atoms with Crippen molar-refractivity contribution in [3.63, 3.8) is 0 Å². The zero-order chi connectivity index (χ0) is 19.1. The summed E-state index contributed by atoms with van der Waals surface area (Å²) in [6.45, 7) is -0.311. The number of amides is 1. The van der Waals surface area contributed by atoms with Crippen LogP contribution in [0.5, 0.6) is 5.75 Å². The van der Waals surface area contributed by atoms with E-state index in [-0.39, 0.29) is 24.2 Å². The van der Waals surface area contributed by atoms with Gasteiger partial charge in [0.1, 0.15) is 5.75 Å². The van der Waals surface area contributed by atoms with Crippen LogP contribution in [0.15, 0.2) is 48.5 Å². The van der Waals surface area contributed by atoms with Crippen LogP contribution in [0, 0.1) is 0 Å². The second kappa shape index (κ2) is 9.50. The minimum absolute atomic E-state index is 0.00963. The first-order valence-electron chi connectivity index (χ1n) is 8.11. The molecule has 2 aromatic carbocycles. The third kappa shape index (κ3) is 6.28. The van der Waals surface area contributed by atoms with Crippen molar-refractivity contribution in [3.8, 4) is 5.75 Å². The van der Waals surface area contributed by atoms with Gasteiger partial charge in [-0.15, -0.1) is 0 Å². The molecule has 1 atom stereocenters. The predicted molar refractivity (Wildman–Crippen MR) is 97.4 cm³/mol. The number of hydrogen-bond donors (Lipinski definition) is 1. The van der Waals surface area contributed by atoms with Gasteiger partial charge in [0.15, 0.2) is 0 Å². The molecule has 0 saturated carbocycles. The van der Waals surface area contributed by atoms with Crippen LogP contribution in [-0.4, -0.2) is 31.0 Å². The van der Waals surface area contributed by atoms with E-state index in [1.54, 1.807) is 24.1 Å². The van der Waals surface area contributed by atoms with E-state index >= 15 is 0 Å². The van der Waals surface area contributed by atoms with Gasteiger partial charge in [-0.3, -0.25) is 4.79 Å². The van der Waals surface area contributed by atoms with Crippen molar-refractivity contribution < 1.29 is 18.3 Å². The molecule has 2 aromatic rings. The summed E-state index contributed by atoms with van der Waals surface area (Å²) < 4.78 is 28.6. The van der Waals surface area contributed by atoms with Gasteiger partial charge in [-0.1, -0.05) is 35.9 Å². The molecule has 0 bridgehead atoms. The third-order valence-corrected chi connectivity index (χ3v) is 4.18. The molecule has 0 radical (unpaired) electrons. The Balaban J connectivity index is 1.82. The first-order valence-corrected chi connectivity index (χ1v) is 8.49. The first kappa shape index (κ1) is 20.1. The van der Waals surface area contributed by atoms with Crippen molar-refractivity contribution in [1.82, 2.24) is 10.2 Å². The number of ether oxygens (including phenoxy) is 1. The zero-order valence-corrected chi connectivity index (χ0v) is 15.3. The van der Waals surface area contributed by atoms with Gasteiger partial charge in [-0.25, -0.2) is 0 Å². The van der Waals surface area contributed by atoms with Gasteiger partial charge in [0.2, 0.25) is 5.91 Å².